The molecular weight excluding hydrogens is 402 g/mol. The Bertz CT molecular complexity index is 968. The number of carbonyl (C=O) groups is 2. The lowest BCUT2D eigenvalue weighted by Crippen LogP contribution is -2.46. The van der Waals surface area contributed by atoms with Crippen molar-refractivity contribution in [2.45, 2.75) is 57.4 Å². The van der Waals surface area contributed by atoms with Gasteiger partial charge >= 0.3 is 0 Å². The molecule has 2 heterocycles. The van der Waals surface area contributed by atoms with Crippen LogP contribution in [0.25, 0.3) is 0 Å². The Morgan fingerprint density at radius 3 is 2.74 bits per heavy atom. The number of benzene rings is 1. The van der Waals surface area contributed by atoms with Gasteiger partial charge in [0.15, 0.2) is 0 Å². The zero-order valence-electron chi connectivity index (χ0n) is 17.7. The lowest BCUT2D eigenvalue weighted by Gasteiger charge is -2.22. The minimum atomic E-state index is -0.760. The number of aromatic nitrogens is 2. The smallest absolute Gasteiger partial charge is 0.260 e. The molecule has 31 heavy (non-hydrogen) atoms. The fourth-order valence-corrected chi connectivity index (χ4v) is 4.76. The third-order valence-electron chi connectivity index (χ3n) is 6.41. The van der Waals surface area contributed by atoms with E-state index in [1.807, 2.05) is 0 Å². The van der Waals surface area contributed by atoms with Gasteiger partial charge in [-0.2, -0.15) is 5.10 Å². The third-order valence-corrected chi connectivity index (χ3v) is 6.41. The molecule has 1 aromatic heterocycles. The number of fused-ring (bicyclic) bond motifs is 1. The number of carbonyl (C=O) groups excluding carboxylic acids is 2. The summed E-state index contributed by atoms with van der Waals surface area (Å²) in [6, 6.07) is 1.37. The molecule has 4 rings (SSSR count). The Morgan fingerprint density at radius 2 is 1.97 bits per heavy atom. The molecule has 8 heteroatoms. The van der Waals surface area contributed by atoms with Crippen molar-refractivity contribution in [3.8, 4) is 0 Å². The van der Waals surface area contributed by atoms with E-state index >= 15 is 0 Å². The van der Waals surface area contributed by atoms with Gasteiger partial charge in [-0.15, -0.1) is 0 Å². The van der Waals surface area contributed by atoms with Gasteiger partial charge in [0.05, 0.1) is 24.5 Å². The van der Waals surface area contributed by atoms with E-state index in [1.165, 1.54) is 54.8 Å². The topological polar surface area (TPSA) is 67.2 Å². The van der Waals surface area contributed by atoms with E-state index in [1.54, 1.807) is 12.4 Å². The standard InChI is InChI=1S/C23H28F2N4O2/c1-28-22-17(10-18(24)11-19(22)25)7-8-20(23(28)31)26-13-21(30)29-14-16(12-27-29)9-15-5-3-2-4-6-15/h10-12,14-15,20,26H,2-9,13H2,1H3. The number of amides is 1. The normalized spacial score (nSPS) is 19.9. The number of halogens is 2. The highest BCUT2D eigenvalue weighted by molar-refractivity contribution is 5.98. The number of likely N-dealkylation sites (N-methyl/N-ethyl adjacent to an activating group) is 1. The Balaban J connectivity index is 1.36. The molecule has 1 N–H and O–H groups in total. The summed E-state index contributed by atoms with van der Waals surface area (Å²) in [4.78, 5) is 26.6. The van der Waals surface area contributed by atoms with Gasteiger partial charge < -0.3 is 4.90 Å². The summed E-state index contributed by atoms with van der Waals surface area (Å²) >= 11 is 0. The van der Waals surface area contributed by atoms with Crippen LogP contribution in [0.3, 0.4) is 0 Å². The quantitative estimate of drug-likeness (QED) is 0.789. The number of nitrogens with one attached hydrogen (secondary N) is 1. The maximum atomic E-state index is 14.2. The van der Waals surface area contributed by atoms with Crippen LogP contribution in [-0.4, -0.2) is 41.2 Å². The summed E-state index contributed by atoms with van der Waals surface area (Å²) in [6.45, 7) is -0.0675. The first-order valence-electron chi connectivity index (χ1n) is 11.0. The molecule has 1 atom stereocenters. The number of aryl methyl sites for hydroxylation is 1. The second-order valence-electron chi connectivity index (χ2n) is 8.66. The molecule has 0 radical (unpaired) electrons. The van der Waals surface area contributed by atoms with Gasteiger partial charge in [-0.1, -0.05) is 32.1 Å². The summed E-state index contributed by atoms with van der Waals surface area (Å²) in [7, 11) is 1.47. The number of hydrogen-bond donors (Lipinski definition) is 1. The minimum Gasteiger partial charge on any atom is -0.311 e. The summed E-state index contributed by atoms with van der Waals surface area (Å²) < 4.78 is 29.2. The zero-order chi connectivity index (χ0) is 22.0. The Labute approximate surface area is 180 Å². The lowest BCUT2D eigenvalue weighted by molar-refractivity contribution is -0.120. The van der Waals surface area contributed by atoms with Crippen molar-refractivity contribution in [1.29, 1.82) is 0 Å². The fraction of sp³-hybridized carbons (Fsp3) is 0.522. The van der Waals surface area contributed by atoms with Crippen molar-refractivity contribution in [2.24, 2.45) is 5.92 Å². The van der Waals surface area contributed by atoms with Crippen LogP contribution in [0, 0.1) is 17.6 Å². The van der Waals surface area contributed by atoms with E-state index in [-0.39, 0.29) is 24.0 Å². The van der Waals surface area contributed by atoms with Gasteiger partial charge in [0.1, 0.15) is 11.6 Å². The first-order chi connectivity index (χ1) is 14.9. The summed E-state index contributed by atoms with van der Waals surface area (Å²) in [5.74, 6) is -1.38. The summed E-state index contributed by atoms with van der Waals surface area (Å²) in [5.41, 5.74) is 1.60. The van der Waals surface area contributed by atoms with E-state index in [0.717, 1.165) is 18.1 Å². The monoisotopic (exact) mass is 430 g/mol. The number of rotatable bonds is 5. The molecule has 1 unspecified atom stereocenters. The van der Waals surface area contributed by atoms with Gasteiger partial charge in [-0.05, 0) is 42.4 Å². The Kier molecular flexibility index (Phi) is 6.46. The predicted molar refractivity (Wildman–Crippen MR) is 113 cm³/mol. The largest absolute Gasteiger partial charge is 0.311 e. The molecule has 1 saturated carbocycles. The van der Waals surface area contributed by atoms with E-state index in [2.05, 4.69) is 10.4 Å². The molecule has 2 aromatic rings. The van der Waals surface area contributed by atoms with E-state index in [9.17, 15) is 18.4 Å². The van der Waals surface area contributed by atoms with Crippen LogP contribution in [0.15, 0.2) is 24.5 Å². The first kappa shape index (κ1) is 21.6. The fourth-order valence-electron chi connectivity index (χ4n) is 4.76. The molecule has 0 spiro atoms. The summed E-state index contributed by atoms with van der Waals surface area (Å²) in [5, 5.41) is 7.17. The molecule has 1 aromatic carbocycles. The van der Waals surface area contributed by atoms with Crippen molar-refractivity contribution in [2.75, 3.05) is 18.5 Å². The van der Waals surface area contributed by atoms with Crippen LogP contribution >= 0.6 is 0 Å². The second-order valence-corrected chi connectivity index (χ2v) is 8.66. The highest BCUT2D eigenvalue weighted by Gasteiger charge is 2.30. The Hall–Kier alpha value is -2.61. The van der Waals surface area contributed by atoms with Crippen molar-refractivity contribution < 1.29 is 18.4 Å². The maximum Gasteiger partial charge on any atom is 0.260 e. The highest BCUT2D eigenvalue weighted by atomic mass is 19.1. The van der Waals surface area contributed by atoms with E-state index in [0.29, 0.717) is 24.3 Å². The van der Waals surface area contributed by atoms with Crippen molar-refractivity contribution in [3.63, 3.8) is 0 Å². The molecule has 1 aliphatic carbocycles. The zero-order valence-corrected chi connectivity index (χ0v) is 17.7. The van der Waals surface area contributed by atoms with Gasteiger partial charge in [0.25, 0.3) is 5.91 Å². The molecule has 1 amide bonds. The van der Waals surface area contributed by atoms with Gasteiger partial charge in [-0.3, -0.25) is 14.9 Å². The van der Waals surface area contributed by atoms with Crippen molar-refractivity contribution in [1.82, 2.24) is 15.1 Å². The Morgan fingerprint density at radius 1 is 1.19 bits per heavy atom. The SMILES string of the molecule is CN1C(=O)C(NCC(=O)n2cc(CC3CCCCC3)cn2)CCc2cc(F)cc(F)c21. The van der Waals surface area contributed by atoms with Crippen LogP contribution in [0.1, 0.15) is 54.4 Å². The van der Waals surface area contributed by atoms with Crippen molar-refractivity contribution >= 4 is 17.5 Å². The average molecular weight is 430 g/mol. The van der Waals surface area contributed by atoms with Gasteiger partial charge in [-0.25, -0.2) is 13.5 Å². The first-order valence-corrected chi connectivity index (χ1v) is 11.0. The molecule has 0 bridgehead atoms. The molecule has 0 saturated heterocycles. The molecule has 2 aliphatic rings. The van der Waals surface area contributed by atoms with Crippen LogP contribution in [0.4, 0.5) is 14.5 Å². The number of anilines is 1. The van der Waals surface area contributed by atoms with Crippen LogP contribution in [-0.2, 0) is 17.6 Å². The molecule has 1 fully saturated rings. The molecular formula is C23H28F2N4O2. The third kappa shape index (κ3) is 4.84. The van der Waals surface area contributed by atoms with E-state index in [4.69, 9.17) is 0 Å². The van der Waals surface area contributed by atoms with E-state index < -0.39 is 17.7 Å². The van der Waals surface area contributed by atoms with Crippen LogP contribution < -0.4 is 10.2 Å². The lowest BCUT2D eigenvalue weighted by atomic mass is 9.85. The second kappa shape index (κ2) is 9.26. The van der Waals surface area contributed by atoms with Gasteiger partial charge in [0.2, 0.25) is 5.91 Å². The van der Waals surface area contributed by atoms with Gasteiger partial charge in [0, 0.05) is 19.3 Å². The predicted octanol–water partition coefficient (Wildman–Crippen LogP) is 3.49. The number of hydrogen-bond acceptors (Lipinski definition) is 4. The maximum absolute atomic E-state index is 14.2. The highest BCUT2D eigenvalue weighted by Crippen LogP contribution is 2.30. The molecule has 1 aliphatic heterocycles. The average Bonchev–Trinajstić information content (AvgIpc) is 3.17. The molecule has 166 valence electrons. The minimum absolute atomic E-state index is 0.0675. The van der Waals surface area contributed by atoms with Crippen LogP contribution in [0.5, 0.6) is 0 Å². The molecule has 6 nitrogen and oxygen atoms in total. The van der Waals surface area contributed by atoms with Crippen LogP contribution in [0.2, 0.25) is 0 Å². The van der Waals surface area contributed by atoms with Crippen molar-refractivity contribution in [3.05, 3.63) is 47.3 Å². The number of nitrogens with zero attached hydrogens (tertiary/aromatic N) is 3. The summed E-state index contributed by atoms with van der Waals surface area (Å²) in [6.07, 6.45) is 11.4.